The van der Waals surface area contributed by atoms with Crippen molar-refractivity contribution in [3.63, 3.8) is 0 Å². The Morgan fingerprint density at radius 2 is 0.917 bits per heavy atom. The molecule has 24 heavy (non-hydrogen) atoms. The molecule has 0 aromatic heterocycles. The second-order valence-corrected chi connectivity index (χ2v) is 8.03. The summed E-state index contributed by atoms with van der Waals surface area (Å²) in [4.78, 5) is 28.3. The van der Waals surface area contributed by atoms with Gasteiger partial charge in [0, 0.05) is 12.8 Å². The lowest BCUT2D eigenvalue weighted by atomic mass is 10.2. The maximum absolute atomic E-state index is 12.2. The topological polar surface area (TPSA) is 40.6 Å². The van der Waals surface area contributed by atoms with Crippen LogP contribution in [-0.2, 0) is 9.59 Å². The zero-order valence-electron chi connectivity index (χ0n) is 15.4. The third kappa shape index (κ3) is 7.28. The zero-order valence-corrected chi connectivity index (χ0v) is 19.7. The number of carbonyl (C=O) groups is 2. The molecule has 0 saturated carbocycles. The minimum absolute atomic E-state index is 0. The van der Waals surface area contributed by atoms with Crippen LogP contribution < -0.4 is 48.0 Å². The van der Waals surface area contributed by atoms with Crippen molar-refractivity contribution < 1.29 is 66.5 Å². The van der Waals surface area contributed by atoms with Crippen LogP contribution in [-0.4, -0.2) is 111 Å². The molecule has 0 aliphatic carbocycles. The van der Waals surface area contributed by atoms with Crippen LogP contribution in [0.25, 0.3) is 0 Å². The smallest absolute Gasteiger partial charge is 0.223 e. The Kier molecular flexibility index (Phi) is 9.99. The lowest BCUT2D eigenvalue weighted by Gasteiger charge is -2.39. The Morgan fingerprint density at radius 1 is 0.667 bits per heavy atom. The molecule has 0 atom stereocenters. The Hall–Kier alpha value is 0.320. The molecule has 0 N–H and O–H groups in total. The summed E-state index contributed by atoms with van der Waals surface area (Å²) in [7, 11) is 8.78. The fraction of sp³-hybridized carbons (Fsp3) is 0.875. The first-order valence-electron chi connectivity index (χ1n) is 8.38. The summed E-state index contributed by atoms with van der Waals surface area (Å²) in [5.41, 5.74) is 0. The highest BCUT2D eigenvalue weighted by molar-refractivity contribution is 5.83. The predicted molar refractivity (Wildman–Crippen MR) is 86.1 cm³/mol. The summed E-state index contributed by atoms with van der Waals surface area (Å²) < 4.78 is 1.95. The number of likely N-dealkylation sites (N-methyl/N-ethyl adjacent to an activating group) is 2. The van der Waals surface area contributed by atoms with E-state index in [1.807, 2.05) is 9.80 Å². The van der Waals surface area contributed by atoms with Gasteiger partial charge in [0.25, 0.3) is 0 Å². The van der Waals surface area contributed by atoms with E-state index >= 15 is 0 Å². The van der Waals surface area contributed by atoms with E-state index in [1.54, 1.807) is 0 Å². The Bertz CT molecular complexity index is 384. The van der Waals surface area contributed by atoms with Crippen molar-refractivity contribution >= 4 is 11.8 Å². The first-order valence-corrected chi connectivity index (χ1v) is 8.38. The molecule has 0 spiro atoms. The molecule has 0 unspecified atom stereocenters. The molecule has 0 aromatic rings. The van der Waals surface area contributed by atoms with Crippen LogP contribution in [0, 0.1) is 0 Å². The largest absolute Gasteiger partial charge is 1.00 e. The molecule has 2 aliphatic rings. The van der Waals surface area contributed by atoms with E-state index in [9.17, 15) is 9.59 Å². The molecule has 6 nitrogen and oxygen atoms in total. The van der Waals surface area contributed by atoms with Gasteiger partial charge in [0.05, 0.1) is 80.5 Å². The van der Waals surface area contributed by atoms with E-state index in [1.165, 1.54) is 0 Å². The summed E-state index contributed by atoms with van der Waals surface area (Å²) in [5.74, 6) is 0.280. The van der Waals surface area contributed by atoms with Gasteiger partial charge in [-0.1, -0.05) is 0 Å². The van der Waals surface area contributed by atoms with Gasteiger partial charge in [0.2, 0.25) is 11.8 Å². The number of hydrogen-bond acceptors (Lipinski definition) is 2. The fourth-order valence-corrected chi connectivity index (χ4v) is 3.04. The molecule has 142 valence electrons. The van der Waals surface area contributed by atoms with Crippen molar-refractivity contribution in [2.75, 3.05) is 80.5 Å². The Morgan fingerprint density at radius 3 is 1.17 bits per heavy atom. The van der Waals surface area contributed by atoms with Crippen molar-refractivity contribution in [1.82, 2.24) is 9.80 Å². The molecule has 2 heterocycles. The average molecular weight is 566 g/mol. The molecule has 2 fully saturated rings. The molecule has 2 aliphatic heterocycles. The third-order valence-electron chi connectivity index (χ3n) is 5.16. The van der Waals surface area contributed by atoms with Gasteiger partial charge in [0.15, 0.2) is 0 Å². The molecule has 0 aromatic carbocycles. The van der Waals surface area contributed by atoms with Gasteiger partial charge in [-0.15, -0.1) is 0 Å². The van der Waals surface area contributed by atoms with Crippen LogP contribution in [0.5, 0.6) is 0 Å². The number of rotatable bonds is 3. The number of carbonyl (C=O) groups excluding carboxylic acids is 2. The second kappa shape index (κ2) is 9.86. The number of amides is 2. The molecular formula is C16H32I2N4O2. The van der Waals surface area contributed by atoms with E-state index in [-0.39, 0.29) is 59.8 Å². The van der Waals surface area contributed by atoms with Gasteiger partial charge in [-0.25, -0.2) is 0 Å². The highest BCUT2D eigenvalue weighted by Gasteiger charge is 2.29. The third-order valence-corrected chi connectivity index (χ3v) is 5.16. The summed E-state index contributed by atoms with van der Waals surface area (Å²) in [6, 6.07) is 0. The number of nitrogens with zero attached hydrogens (tertiary/aromatic N) is 4. The van der Waals surface area contributed by atoms with Gasteiger partial charge in [-0.3, -0.25) is 9.59 Å². The monoisotopic (exact) mass is 566 g/mol. The molecular weight excluding hydrogens is 534 g/mol. The SMILES string of the molecule is C[N+]1(C)CCN(C(=O)CCC(=O)N2CC[N+](C)(C)CC2)CC1.[I-].[I-]. The second-order valence-electron chi connectivity index (χ2n) is 8.03. The zero-order chi connectivity index (χ0) is 16.4. The Balaban J connectivity index is 0.00000264. The standard InChI is InChI=1S/C16H32N4O2.2HI/c1-19(2)11-7-17(8-12-19)15(21)5-6-16(22)18-9-13-20(3,4)14-10-18;;/h5-14H2,1-4H3;2*1H/q+2;;/p-2. The van der Waals surface area contributed by atoms with Crippen molar-refractivity contribution in [2.45, 2.75) is 12.8 Å². The van der Waals surface area contributed by atoms with Crippen molar-refractivity contribution in [1.29, 1.82) is 0 Å². The summed E-state index contributed by atoms with van der Waals surface area (Å²) in [6.45, 7) is 7.25. The van der Waals surface area contributed by atoms with Crippen LogP contribution in [0.2, 0.25) is 0 Å². The quantitative estimate of drug-likeness (QED) is 0.252. The van der Waals surface area contributed by atoms with Gasteiger partial charge >= 0.3 is 0 Å². The van der Waals surface area contributed by atoms with Crippen LogP contribution in [0.4, 0.5) is 0 Å². The summed E-state index contributed by atoms with van der Waals surface area (Å²) in [6.07, 6.45) is 0.724. The van der Waals surface area contributed by atoms with Gasteiger partial charge < -0.3 is 66.7 Å². The normalized spacial score (nSPS) is 22.2. The summed E-state index contributed by atoms with van der Waals surface area (Å²) >= 11 is 0. The minimum atomic E-state index is 0. The molecule has 2 saturated heterocycles. The van der Waals surface area contributed by atoms with E-state index in [4.69, 9.17) is 0 Å². The maximum Gasteiger partial charge on any atom is 0.223 e. The highest BCUT2D eigenvalue weighted by Crippen LogP contribution is 2.11. The lowest BCUT2D eigenvalue weighted by Crippen LogP contribution is -3.00. The van der Waals surface area contributed by atoms with Gasteiger partial charge in [-0.05, 0) is 0 Å². The van der Waals surface area contributed by atoms with E-state index < -0.39 is 0 Å². The lowest BCUT2D eigenvalue weighted by molar-refractivity contribution is -0.894. The summed E-state index contributed by atoms with van der Waals surface area (Å²) in [5, 5.41) is 0. The van der Waals surface area contributed by atoms with Crippen LogP contribution in [0.1, 0.15) is 12.8 Å². The van der Waals surface area contributed by atoms with Gasteiger partial charge in [0.1, 0.15) is 0 Å². The van der Waals surface area contributed by atoms with Crippen LogP contribution >= 0.6 is 0 Å². The molecule has 0 bridgehead atoms. The van der Waals surface area contributed by atoms with E-state index in [0.29, 0.717) is 12.8 Å². The number of hydrogen-bond donors (Lipinski definition) is 0. The predicted octanol–water partition coefficient (Wildman–Crippen LogP) is -6.39. The minimum Gasteiger partial charge on any atom is -1.00 e. The van der Waals surface area contributed by atoms with Crippen LogP contribution in [0.15, 0.2) is 0 Å². The van der Waals surface area contributed by atoms with Crippen molar-refractivity contribution in [3.8, 4) is 0 Å². The van der Waals surface area contributed by atoms with Crippen molar-refractivity contribution in [3.05, 3.63) is 0 Å². The average Bonchev–Trinajstić information content (AvgIpc) is 2.44. The molecule has 2 amide bonds. The van der Waals surface area contributed by atoms with E-state index in [2.05, 4.69) is 28.2 Å². The first kappa shape index (κ1) is 24.3. The maximum atomic E-state index is 12.2. The highest BCUT2D eigenvalue weighted by atomic mass is 127. The molecule has 2 rings (SSSR count). The first-order chi connectivity index (χ1) is 10.2. The fourth-order valence-electron chi connectivity index (χ4n) is 3.04. The molecule has 0 radical (unpaired) electrons. The number of halogens is 2. The van der Waals surface area contributed by atoms with Crippen molar-refractivity contribution in [2.24, 2.45) is 0 Å². The van der Waals surface area contributed by atoms with E-state index in [0.717, 1.165) is 61.3 Å². The number of quaternary nitrogens is 2. The van der Waals surface area contributed by atoms with Crippen LogP contribution in [0.3, 0.4) is 0 Å². The van der Waals surface area contributed by atoms with Gasteiger partial charge in [-0.2, -0.15) is 0 Å². The molecule has 8 heteroatoms. The number of piperazine rings is 2. The Labute approximate surface area is 180 Å².